The zero-order valence-electron chi connectivity index (χ0n) is 40.0. The second-order valence-corrected chi connectivity index (χ2v) is 19.0. The first kappa shape index (κ1) is 42.2. The van der Waals surface area contributed by atoms with Crippen LogP contribution >= 0.6 is 0 Å². The van der Waals surface area contributed by atoms with Crippen LogP contribution in [-0.2, 0) is 0 Å². The lowest BCUT2D eigenvalue weighted by molar-refractivity contribution is 1.18. The summed E-state index contributed by atoms with van der Waals surface area (Å²) in [7, 11) is 0. The van der Waals surface area contributed by atoms with E-state index in [1.165, 1.54) is 76.6 Å². The highest BCUT2D eigenvalue weighted by atomic mass is 15.1. The summed E-state index contributed by atoms with van der Waals surface area (Å²) in [4.78, 5) is 2.34. The molecule has 0 fully saturated rings. The summed E-state index contributed by atoms with van der Waals surface area (Å²) in [5.41, 5.74) is 19.7. The maximum Gasteiger partial charge on any atom is 0.0547 e. The van der Waals surface area contributed by atoms with Gasteiger partial charge in [-0.05, 0) is 177 Å². The lowest BCUT2D eigenvalue weighted by atomic mass is 9.92. The molecule has 14 rings (SSSR count). The Morgan fingerprint density at radius 3 is 1.15 bits per heavy atom. The highest BCUT2D eigenvalue weighted by Crippen LogP contribution is 2.42. The number of benzene rings is 12. The average Bonchev–Trinajstić information content (AvgIpc) is 3.97. The molecule has 12 aromatic carbocycles. The number of hydrogen-bond donors (Lipinski definition) is 0. The Kier molecular flexibility index (Phi) is 10.2. The molecule has 3 nitrogen and oxygen atoms in total. The minimum absolute atomic E-state index is 1.09. The lowest BCUT2D eigenvalue weighted by Crippen LogP contribution is -2.09. The molecule has 0 radical (unpaired) electrons. The Labute approximate surface area is 424 Å². The molecule has 0 saturated carbocycles. The van der Waals surface area contributed by atoms with E-state index in [0.717, 1.165) is 50.7 Å². The highest BCUT2D eigenvalue weighted by Gasteiger charge is 2.19. The van der Waals surface area contributed by atoms with Crippen LogP contribution in [0.4, 0.5) is 17.1 Å². The predicted octanol–water partition coefficient (Wildman–Crippen LogP) is 19.2. The molecular weight excluding hydrogens is 883 g/mol. The molecule has 0 aliphatic carbocycles. The fraction of sp³-hybridized carbons (Fsp3) is 0. The van der Waals surface area contributed by atoms with Gasteiger partial charge in [-0.25, -0.2) is 0 Å². The summed E-state index contributed by atoms with van der Waals surface area (Å²) in [5.74, 6) is 0. The van der Waals surface area contributed by atoms with Crippen LogP contribution in [-0.4, -0.2) is 9.13 Å². The normalized spacial score (nSPS) is 11.6. The smallest absolute Gasteiger partial charge is 0.0547 e. The van der Waals surface area contributed by atoms with Crippen LogP contribution in [0.3, 0.4) is 0 Å². The van der Waals surface area contributed by atoms with Crippen LogP contribution in [0.1, 0.15) is 0 Å². The molecule has 342 valence electrons. The lowest BCUT2D eigenvalue weighted by Gasteiger charge is -2.26. The Bertz CT molecular complexity index is 4330. The third-order valence-electron chi connectivity index (χ3n) is 14.6. The predicted molar refractivity (Wildman–Crippen MR) is 309 cm³/mol. The van der Waals surface area contributed by atoms with Gasteiger partial charge >= 0.3 is 0 Å². The zero-order chi connectivity index (χ0) is 48.2. The van der Waals surface area contributed by atoms with Crippen LogP contribution in [0.25, 0.3) is 110 Å². The standard InChI is InChI=1S/C70H47N3/c1-5-17-48(18-6-1)49-29-35-61(36-30-49)71(58-21-7-2-8-22-58)62-37-31-50(32-38-62)55-41-56(53-33-39-68-64(45-53)63-27-15-16-28-67(63)72(68)59-23-9-3-10-24-59)43-57(42-55)54-34-40-69-65(46-54)66-44-51-19-13-14-20-52(51)47-70(66)73(69)60-25-11-4-12-26-60/h1-47H. The van der Waals surface area contributed by atoms with Gasteiger partial charge in [0.25, 0.3) is 0 Å². The molecular formula is C70H47N3. The molecule has 3 heteroatoms. The first-order valence-electron chi connectivity index (χ1n) is 25.1. The topological polar surface area (TPSA) is 13.1 Å². The van der Waals surface area contributed by atoms with Crippen molar-refractivity contribution in [3.63, 3.8) is 0 Å². The van der Waals surface area contributed by atoms with Crippen LogP contribution < -0.4 is 4.90 Å². The molecule has 0 atom stereocenters. The van der Waals surface area contributed by atoms with Gasteiger partial charge < -0.3 is 14.0 Å². The van der Waals surface area contributed by atoms with Gasteiger partial charge in [0.1, 0.15) is 0 Å². The first-order valence-corrected chi connectivity index (χ1v) is 25.1. The van der Waals surface area contributed by atoms with E-state index in [9.17, 15) is 0 Å². The Morgan fingerprint density at radius 2 is 0.575 bits per heavy atom. The van der Waals surface area contributed by atoms with Crippen LogP contribution in [0.15, 0.2) is 285 Å². The molecule has 0 aliphatic heterocycles. The van der Waals surface area contributed by atoms with Crippen molar-refractivity contribution in [3.8, 4) is 55.9 Å². The van der Waals surface area contributed by atoms with Crippen molar-refractivity contribution < 1.29 is 0 Å². The van der Waals surface area contributed by atoms with Gasteiger partial charge in [0.15, 0.2) is 0 Å². The zero-order valence-corrected chi connectivity index (χ0v) is 40.0. The van der Waals surface area contributed by atoms with E-state index in [1.807, 2.05) is 0 Å². The van der Waals surface area contributed by atoms with E-state index >= 15 is 0 Å². The summed E-state index contributed by atoms with van der Waals surface area (Å²) >= 11 is 0. The average molecular weight is 930 g/mol. The summed E-state index contributed by atoms with van der Waals surface area (Å²) < 4.78 is 4.81. The van der Waals surface area contributed by atoms with Gasteiger partial charge in [0.2, 0.25) is 0 Å². The maximum absolute atomic E-state index is 2.42. The second-order valence-electron chi connectivity index (χ2n) is 19.0. The van der Waals surface area contributed by atoms with E-state index in [1.54, 1.807) is 0 Å². The minimum atomic E-state index is 1.09. The van der Waals surface area contributed by atoms with E-state index in [2.05, 4.69) is 299 Å². The summed E-state index contributed by atoms with van der Waals surface area (Å²) in [5, 5.41) is 7.40. The van der Waals surface area contributed by atoms with Gasteiger partial charge in [-0.15, -0.1) is 0 Å². The first-order chi connectivity index (χ1) is 36.2. The van der Waals surface area contributed by atoms with E-state index in [0.29, 0.717) is 0 Å². The van der Waals surface area contributed by atoms with Crippen molar-refractivity contribution in [2.75, 3.05) is 4.90 Å². The number of nitrogens with zero attached hydrogens (tertiary/aromatic N) is 3. The molecule has 14 aromatic rings. The molecule has 0 amide bonds. The molecule has 2 heterocycles. The van der Waals surface area contributed by atoms with Crippen molar-refractivity contribution in [2.45, 2.75) is 0 Å². The van der Waals surface area contributed by atoms with E-state index < -0.39 is 0 Å². The minimum Gasteiger partial charge on any atom is -0.311 e. The number of anilines is 3. The van der Waals surface area contributed by atoms with Crippen molar-refractivity contribution in [2.24, 2.45) is 0 Å². The van der Waals surface area contributed by atoms with Crippen molar-refractivity contribution >= 4 is 71.4 Å². The largest absolute Gasteiger partial charge is 0.311 e. The summed E-state index contributed by atoms with van der Waals surface area (Å²) in [6, 6.07) is 104. The summed E-state index contributed by atoms with van der Waals surface area (Å²) in [6.45, 7) is 0. The van der Waals surface area contributed by atoms with Gasteiger partial charge in [-0.1, -0.05) is 164 Å². The SMILES string of the molecule is c1ccc(-c2ccc(N(c3ccccc3)c3ccc(-c4cc(-c5ccc6c(c5)c5ccccc5n6-c5ccccc5)cc(-c5ccc6c(c5)c5cc7ccccc7cc5n6-c5ccccc5)c4)cc3)cc2)cc1. The second kappa shape index (κ2) is 17.6. The fourth-order valence-electron chi connectivity index (χ4n) is 11.1. The molecule has 0 unspecified atom stereocenters. The molecule has 0 bridgehead atoms. The number of aromatic nitrogens is 2. The third-order valence-corrected chi connectivity index (χ3v) is 14.6. The van der Waals surface area contributed by atoms with Crippen LogP contribution in [0, 0.1) is 0 Å². The highest BCUT2D eigenvalue weighted by molar-refractivity contribution is 6.15. The Balaban J connectivity index is 0.935. The molecule has 2 aromatic heterocycles. The molecule has 73 heavy (non-hydrogen) atoms. The maximum atomic E-state index is 2.42. The van der Waals surface area contributed by atoms with Crippen molar-refractivity contribution in [3.05, 3.63) is 285 Å². The molecule has 0 aliphatic rings. The van der Waals surface area contributed by atoms with Gasteiger partial charge in [0, 0.05) is 50.0 Å². The number of para-hydroxylation sites is 4. The third kappa shape index (κ3) is 7.46. The molecule has 0 N–H and O–H groups in total. The number of rotatable bonds is 9. The summed E-state index contributed by atoms with van der Waals surface area (Å²) in [6.07, 6.45) is 0. The van der Waals surface area contributed by atoms with Crippen LogP contribution in [0.2, 0.25) is 0 Å². The fourth-order valence-corrected chi connectivity index (χ4v) is 11.1. The Hall–Kier alpha value is -9.70. The number of hydrogen-bond acceptors (Lipinski definition) is 1. The van der Waals surface area contributed by atoms with E-state index in [4.69, 9.17) is 0 Å². The Morgan fingerprint density at radius 1 is 0.205 bits per heavy atom. The number of fused-ring (bicyclic) bond motifs is 7. The monoisotopic (exact) mass is 929 g/mol. The van der Waals surface area contributed by atoms with Gasteiger partial charge in [0.05, 0.1) is 22.1 Å². The van der Waals surface area contributed by atoms with E-state index in [-0.39, 0.29) is 0 Å². The van der Waals surface area contributed by atoms with Gasteiger partial charge in [-0.3, -0.25) is 0 Å². The van der Waals surface area contributed by atoms with Crippen LogP contribution in [0.5, 0.6) is 0 Å². The van der Waals surface area contributed by atoms with Gasteiger partial charge in [-0.2, -0.15) is 0 Å². The molecule has 0 saturated heterocycles. The van der Waals surface area contributed by atoms with Crippen molar-refractivity contribution in [1.29, 1.82) is 0 Å². The molecule has 0 spiro atoms. The quantitative estimate of drug-likeness (QED) is 0.141. The van der Waals surface area contributed by atoms with Crippen molar-refractivity contribution in [1.82, 2.24) is 9.13 Å².